The average molecular weight is 191 g/mol. The number of hydrogen-bond donors (Lipinski definition) is 2. The smallest absolute Gasteiger partial charge is 0.337 e. The van der Waals surface area contributed by atoms with Crippen LogP contribution in [0.3, 0.4) is 0 Å². The molecule has 1 aromatic heterocycles. The summed E-state index contributed by atoms with van der Waals surface area (Å²) in [4.78, 5) is 14.3. The highest BCUT2D eigenvalue weighted by molar-refractivity contribution is 5.87. The molecule has 0 spiro atoms. The first-order valence-electron chi connectivity index (χ1n) is 3.97. The average Bonchev–Trinajstić information content (AvgIpc) is 2.15. The molecule has 0 aromatic carbocycles. The zero-order valence-electron chi connectivity index (χ0n) is 7.56. The normalized spacial score (nSPS) is 11.3. The molecular weight excluding hydrogens is 182 g/mol. The van der Waals surface area contributed by atoms with Crippen LogP contribution in [0, 0.1) is 11.8 Å². The predicted molar refractivity (Wildman–Crippen MR) is 49.8 cm³/mol. The van der Waals surface area contributed by atoms with Crippen LogP contribution in [0.5, 0.6) is 0 Å². The molecule has 0 aliphatic rings. The Kier molecular flexibility index (Phi) is 3.21. The molecule has 4 nitrogen and oxygen atoms in total. The summed E-state index contributed by atoms with van der Waals surface area (Å²) >= 11 is 0. The fraction of sp³-hybridized carbons (Fsp3) is 0.200. The monoisotopic (exact) mass is 191 g/mol. The summed E-state index contributed by atoms with van der Waals surface area (Å²) in [5, 5.41) is 17.5. The second kappa shape index (κ2) is 4.40. The number of aromatic nitrogens is 1. The second-order valence-corrected chi connectivity index (χ2v) is 2.71. The molecular formula is C10H9NO3. The van der Waals surface area contributed by atoms with Crippen molar-refractivity contribution in [2.75, 3.05) is 0 Å². The summed E-state index contributed by atoms with van der Waals surface area (Å²) in [7, 11) is 0. The van der Waals surface area contributed by atoms with Crippen molar-refractivity contribution in [3.05, 3.63) is 29.6 Å². The minimum Gasteiger partial charge on any atom is -0.478 e. The molecule has 2 N–H and O–H groups in total. The van der Waals surface area contributed by atoms with Crippen molar-refractivity contribution in [2.24, 2.45) is 0 Å². The van der Waals surface area contributed by atoms with E-state index in [9.17, 15) is 4.79 Å². The molecule has 0 radical (unpaired) electrons. The first-order chi connectivity index (χ1) is 6.59. The third kappa shape index (κ3) is 2.88. The van der Waals surface area contributed by atoms with Crippen molar-refractivity contribution >= 4 is 5.97 Å². The van der Waals surface area contributed by atoms with Gasteiger partial charge in [-0.3, -0.25) is 4.98 Å². The Morgan fingerprint density at radius 2 is 2.29 bits per heavy atom. The van der Waals surface area contributed by atoms with E-state index in [1.165, 1.54) is 25.4 Å². The lowest BCUT2D eigenvalue weighted by atomic mass is 10.2. The van der Waals surface area contributed by atoms with Gasteiger partial charge in [-0.1, -0.05) is 11.8 Å². The second-order valence-electron chi connectivity index (χ2n) is 2.71. The molecule has 0 saturated heterocycles. The van der Waals surface area contributed by atoms with Crippen LogP contribution < -0.4 is 0 Å². The lowest BCUT2D eigenvalue weighted by Crippen LogP contribution is -1.98. The van der Waals surface area contributed by atoms with Crippen molar-refractivity contribution in [3.8, 4) is 11.8 Å². The Morgan fingerprint density at radius 3 is 2.86 bits per heavy atom. The molecule has 0 aliphatic carbocycles. The minimum atomic E-state index is -1.04. The van der Waals surface area contributed by atoms with Crippen LogP contribution in [0.4, 0.5) is 0 Å². The Labute approximate surface area is 81.2 Å². The van der Waals surface area contributed by atoms with Gasteiger partial charge in [0.05, 0.1) is 5.56 Å². The van der Waals surface area contributed by atoms with Crippen LogP contribution in [-0.2, 0) is 0 Å². The molecule has 1 unspecified atom stereocenters. The maximum atomic E-state index is 10.6. The molecule has 4 heteroatoms. The van der Waals surface area contributed by atoms with Crippen molar-refractivity contribution < 1.29 is 15.0 Å². The van der Waals surface area contributed by atoms with Gasteiger partial charge >= 0.3 is 5.97 Å². The zero-order chi connectivity index (χ0) is 10.6. The number of aliphatic hydroxyl groups is 1. The van der Waals surface area contributed by atoms with Gasteiger partial charge in [-0.15, -0.1) is 0 Å². The lowest BCUT2D eigenvalue weighted by Gasteiger charge is -1.94. The molecule has 1 heterocycles. The number of rotatable bonds is 1. The van der Waals surface area contributed by atoms with Crippen LogP contribution >= 0.6 is 0 Å². The molecule has 0 aliphatic heterocycles. The lowest BCUT2D eigenvalue weighted by molar-refractivity contribution is 0.0696. The molecule has 0 amide bonds. The highest BCUT2D eigenvalue weighted by Crippen LogP contribution is 2.01. The number of pyridine rings is 1. The standard InChI is InChI=1S/C10H9NO3/c1-7(12)2-3-8-4-9(10(13)14)6-11-5-8/h4-7,12H,1H3,(H,13,14). The number of aliphatic hydroxyl groups excluding tert-OH is 1. The maximum absolute atomic E-state index is 10.6. The Balaban J connectivity index is 2.96. The van der Waals surface area contributed by atoms with Crippen molar-refractivity contribution in [1.29, 1.82) is 0 Å². The van der Waals surface area contributed by atoms with Gasteiger partial charge in [0.1, 0.15) is 6.10 Å². The molecule has 1 rings (SSSR count). The summed E-state index contributed by atoms with van der Waals surface area (Å²) in [6.07, 6.45) is 1.96. The van der Waals surface area contributed by atoms with E-state index >= 15 is 0 Å². The third-order valence-electron chi connectivity index (χ3n) is 1.41. The fourth-order valence-corrected chi connectivity index (χ4v) is 0.813. The van der Waals surface area contributed by atoms with Crippen LogP contribution in [-0.4, -0.2) is 27.3 Å². The van der Waals surface area contributed by atoms with Gasteiger partial charge < -0.3 is 10.2 Å². The molecule has 0 saturated carbocycles. The summed E-state index contributed by atoms with van der Waals surface area (Å²) in [6.45, 7) is 1.53. The van der Waals surface area contributed by atoms with Gasteiger partial charge in [-0.05, 0) is 13.0 Å². The van der Waals surface area contributed by atoms with Gasteiger partial charge in [-0.2, -0.15) is 0 Å². The molecule has 0 bridgehead atoms. The Morgan fingerprint density at radius 1 is 1.57 bits per heavy atom. The van der Waals surface area contributed by atoms with E-state index in [-0.39, 0.29) is 5.56 Å². The van der Waals surface area contributed by atoms with Crippen molar-refractivity contribution in [2.45, 2.75) is 13.0 Å². The summed E-state index contributed by atoms with van der Waals surface area (Å²) in [5.74, 6) is 4.07. The van der Waals surface area contributed by atoms with E-state index in [1.54, 1.807) is 0 Å². The molecule has 0 fully saturated rings. The predicted octanol–water partition coefficient (Wildman–Crippen LogP) is 0.512. The fourth-order valence-electron chi connectivity index (χ4n) is 0.813. The van der Waals surface area contributed by atoms with Crippen LogP contribution in [0.15, 0.2) is 18.5 Å². The molecule has 72 valence electrons. The first kappa shape index (κ1) is 10.2. The van der Waals surface area contributed by atoms with Crippen molar-refractivity contribution in [3.63, 3.8) is 0 Å². The number of carbonyl (C=O) groups is 1. The molecule has 1 aromatic rings. The summed E-state index contributed by atoms with van der Waals surface area (Å²) in [5.41, 5.74) is 0.563. The topological polar surface area (TPSA) is 70.4 Å². The Hall–Kier alpha value is -1.86. The third-order valence-corrected chi connectivity index (χ3v) is 1.41. The van der Waals surface area contributed by atoms with E-state index in [1.807, 2.05) is 0 Å². The van der Waals surface area contributed by atoms with E-state index in [2.05, 4.69) is 16.8 Å². The van der Waals surface area contributed by atoms with E-state index in [4.69, 9.17) is 10.2 Å². The SMILES string of the molecule is CC(O)C#Cc1cncc(C(=O)O)c1. The van der Waals surface area contributed by atoms with Gasteiger partial charge in [0.2, 0.25) is 0 Å². The molecule has 14 heavy (non-hydrogen) atoms. The first-order valence-corrected chi connectivity index (χ1v) is 3.97. The van der Waals surface area contributed by atoms with E-state index in [0.29, 0.717) is 5.56 Å². The number of nitrogens with zero attached hydrogens (tertiary/aromatic N) is 1. The maximum Gasteiger partial charge on any atom is 0.337 e. The number of aromatic carboxylic acids is 1. The van der Waals surface area contributed by atoms with E-state index < -0.39 is 12.1 Å². The van der Waals surface area contributed by atoms with Crippen LogP contribution in [0.25, 0.3) is 0 Å². The van der Waals surface area contributed by atoms with Crippen molar-refractivity contribution in [1.82, 2.24) is 4.98 Å². The van der Waals surface area contributed by atoms with Gasteiger partial charge in [-0.25, -0.2) is 4.79 Å². The highest BCUT2D eigenvalue weighted by atomic mass is 16.4. The largest absolute Gasteiger partial charge is 0.478 e. The zero-order valence-corrected chi connectivity index (χ0v) is 7.56. The molecule has 1 atom stereocenters. The number of carboxylic acids is 1. The van der Waals surface area contributed by atoms with Crippen LogP contribution in [0.1, 0.15) is 22.8 Å². The van der Waals surface area contributed by atoms with Gasteiger partial charge in [0.15, 0.2) is 0 Å². The van der Waals surface area contributed by atoms with Crippen LogP contribution in [0.2, 0.25) is 0 Å². The Bertz CT molecular complexity index is 401. The summed E-state index contributed by atoms with van der Waals surface area (Å²) in [6, 6.07) is 1.41. The minimum absolute atomic E-state index is 0.0855. The number of hydrogen-bond acceptors (Lipinski definition) is 3. The van der Waals surface area contributed by atoms with E-state index in [0.717, 1.165) is 0 Å². The quantitative estimate of drug-likeness (QED) is 0.634. The summed E-state index contributed by atoms with van der Waals surface area (Å²) < 4.78 is 0. The highest BCUT2D eigenvalue weighted by Gasteiger charge is 2.02. The van der Waals surface area contributed by atoms with Gasteiger partial charge in [0.25, 0.3) is 0 Å². The van der Waals surface area contributed by atoms with Gasteiger partial charge in [0, 0.05) is 18.0 Å². The number of carboxylic acid groups (broad SMARTS) is 1.